The van der Waals surface area contributed by atoms with Crippen molar-refractivity contribution >= 4 is 17.7 Å². The molecule has 0 aliphatic heterocycles. The Balaban J connectivity index is 1.47. The van der Waals surface area contributed by atoms with Gasteiger partial charge in [0.2, 0.25) is 5.91 Å². The lowest BCUT2D eigenvalue weighted by Crippen LogP contribution is -2.28. The van der Waals surface area contributed by atoms with E-state index in [1.54, 1.807) is 30.5 Å². The highest BCUT2D eigenvalue weighted by atomic mass is 32.2. The van der Waals surface area contributed by atoms with Gasteiger partial charge in [-0.05, 0) is 44.0 Å². The Morgan fingerprint density at radius 2 is 2.15 bits per heavy atom. The molecule has 1 saturated carbocycles. The molecule has 1 aliphatic rings. The number of hydrogen-bond donors (Lipinski definition) is 1. The number of nitrogens with zero attached hydrogens (tertiary/aromatic N) is 3. The number of aromatic nitrogens is 3. The van der Waals surface area contributed by atoms with Crippen LogP contribution in [0.15, 0.2) is 52.2 Å². The maximum Gasteiger partial charge on any atom is 0.231 e. The van der Waals surface area contributed by atoms with Gasteiger partial charge in [0, 0.05) is 6.04 Å². The van der Waals surface area contributed by atoms with Gasteiger partial charge in [0.15, 0.2) is 11.0 Å². The monoisotopic (exact) mass is 386 g/mol. The number of halogens is 1. The predicted octanol–water partition coefficient (Wildman–Crippen LogP) is 3.98. The first kappa shape index (κ1) is 17.8. The van der Waals surface area contributed by atoms with Gasteiger partial charge in [-0.2, -0.15) is 0 Å². The van der Waals surface area contributed by atoms with Crippen molar-refractivity contribution in [2.75, 3.05) is 5.75 Å². The van der Waals surface area contributed by atoms with Crippen molar-refractivity contribution in [3.05, 3.63) is 54.2 Å². The fraction of sp³-hybridized carbons (Fsp3) is 0.316. The molecule has 3 aromatic rings. The summed E-state index contributed by atoms with van der Waals surface area (Å²) < 4.78 is 21.4. The molecule has 1 fully saturated rings. The molecule has 4 rings (SSSR count). The minimum absolute atomic E-state index is 0.123. The maximum atomic E-state index is 14.2. The van der Waals surface area contributed by atoms with Crippen molar-refractivity contribution in [1.82, 2.24) is 20.1 Å². The van der Waals surface area contributed by atoms with Crippen LogP contribution in [0.25, 0.3) is 11.4 Å². The van der Waals surface area contributed by atoms with Crippen molar-refractivity contribution in [2.45, 2.75) is 37.0 Å². The van der Waals surface area contributed by atoms with E-state index in [1.807, 2.05) is 17.6 Å². The van der Waals surface area contributed by atoms with E-state index in [9.17, 15) is 9.18 Å². The maximum absolute atomic E-state index is 14.2. The van der Waals surface area contributed by atoms with Crippen LogP contribution < -0.4 is 5.32 Å². The Bertz CT molecular complexity index is 937. The topological polar surface area (TPSA) is 73.0 Å². The first-order valence-corrected chi connectivity index (χ1v) is 9.77. The third kappa shape index (κ3) is 3.90. The molecule has 0 bridgehead atoms. The Morgan fingerprint density at radius 3 is 2.85 bits per heavy atom. The average molecular weight is 386 g/mol. The van der Waals surface area contributed by atoms with E-state index in [1.165, 1.54) is 17.8 Å². The number of hydrogen-bond acceptors (Lipinski definition) is 5. The summed E-state index contributed by atoms with van der Waals surface area (Å²) in [6, 6.07) is 10.2. The molecule has 8 heteroatoms. The first-order chi connectivity index (χ1) is 13.1. The number of rotatable bonds is 7. The third-order valence-electron chi connectivity index (χ3n) is 4.37. The summed E-state index contributed by atoms with van der Waals surface area (Å²) in [5.41, 5.74) is 0.430. The van der Waals surface area contributed by atoms with Crippen molar-refractivity contribution in [3.63, 3.8) is 0 Å². The lowest BCUT2D eigenvalue weighted by Gasteiger charge is -2.12. The molecule has 2 aromatic heterocycles. The molecule has 27 heavy (non-hydrogen) atoms. The number of benzene rings is 1. The summed E-state index contributed by atoms with van der Waals surface area (Å²) in [6.45, 7) is 1.87. The summed E-state index contributed by atoms with van der Waals surface area (Å²) in [7, 11) is 0. The van der Waals surface area contributed by atoms with Crippen LogP contribution in [0.1, 0.15) is 37.6 Å². The van der Waals surface area contributed by atoms with Crippen LogP contribution in [-0.2, 0) is 4.79 Å². The second-order valence-electron chi connectivity index (χ2n) is 6.48. The number of carbonyl (C=O) groups is 1. The Kier molecular flexibility index (Phi) is 4.98. The van der Waals surface area contributed by atoms with Gasteiger partial charge in [0.25, 0.3) is 0 Å². The number of nitrogens with one attached hydrogen (secondary N) is 1. The molecule has 0 radical (unpaired) electrons. The highest BCUT2D eigenvalue weighted by molar-refractivity contribution is 7.99. The van der Waals surface area contributed by atoms with E-state index < -0.39 is 0 Å². The molecular formula is C19H19FN4O2S. The van der Waals surface area contributed by atoms with Gasteiger partial charge < -0.3 is 9.73 Å². The molecule has 2 heterocycles. The van der Waals surface area contributed by atoms with E-state index in [-0.39, 0.29) is 29.6 Å². The zero-order valence-electron chi connectivity index (χ0n) is 14.8. The smallest absolute Gasteiger partial charge is 0.231 e. The number of carbonyl (C=O) groups excluding carboxylic acids is 1. The van der Waals surface area contributed by atoms with Gasteiger partial charge in [-0.25, -0.2) is 4.39 Å². The standard InChI is InChI=1S/C19H19FN4O2S/c1-12(16-7-4-10-26-16)21-17(25)11-27-19-23-22-18(24(19)13-8-9-13)14-5-2-3-6-15(14)20/h2-7,10,12-13H,8-9,11H2,1H3,(H,21,25)/t12-/m0/s1. The van der Waals surface area contributed by atoms with Crippen LogP contribution >= 0.6 is 11.8 Å². The second kappa shape index (κ2) is 7.56. The van der Waals surface area contributed by atoms with Gasteiger partial charge >= 0.3 is 0 Å². The largest absolute Gasteiger partial charge is 0.467 e. The molecule has 140 valence electrons. The van der Waals surface area contributed by atoms with Crippen LogP contribution in [0.5, 0.6) is 0 Å². The molecule has 0 spiro atoms. The van der Waals surface area contributed by atoms with E-state index in [2.05, 4.69) is 15.5 Å². The van der Waals surface area contributed by atoms with Crippen molar-refractivity contribution in [1.29, 1.82) is 0 Å². The van der Waals surface area contributed by atoms with Gasteiger partial charge in [-0.15, -0.1) is 10.2 Å². The summed E-state index contributed by atoms with van der Waals surface area (Å²) >= 11 is 1.31. The third-order valence-corrected chi connectivity index (χ3v) is 5.31. The summed E-state index contributed by atoms with van der Waals surface area (Å²) in [6.07, 6.45) is 3.60. The predicted molar refractivity (Wildman–Crippen MR) is 99.7 cm³/mol. The Labute approximate surface area is 160 Å². The van der Waals surface area contributed by atoms with Crippen LogP contribution in [-0.4, -0.2) is 26.4 Å². The van der Waals surface area contributed by atoms with Gasteiger partial charge in [-0.3, -0.25) is 9.36 Å². The van der Waals surface area contributed by atoms with Crippen molar-refractivity contribution in [2.24, 2.45) is 0 Å². The molecule has 1 aliphatic carbocycles. The van der Waals surface area contributed by atoms with Crippen LogP contribution in [0.2, 0.25) is 0 Å². The lowest BCUT2D eigenvalue weighted by molar-refractivity contribution is -0.119. The normalized spacial score (nSPS) is 14.9. The second-order valence-corrected chi connectivity index (χ2v) is 7.42. The summed E-state index contributed by atoms with van der Waals surface area (Å²) in [4.78, 5) is 12.3. The molecule has 0 unspecified atom stereocenters. The molecule has 0 saturated heterocycles. The van der Waals surface area contributed by atoms with E-state index >= 15 is 0 Å². The van der Waals surface area contributed by atoms with Crippen molar-refractivity contribution < 1.29 is 13.6 Å². The summed E-state index contributed by atoms with van der Waals surface area (Å²) in [5.74, 6) is 0.974. The molecule has 1 amide bonds. The van der Waals surface area contributed by atoms with E-state index in [0.29, 0.717) is 22.3 Å². The van der Waals surface area contributed by atoms with Gasteiger partial charge in [-0.1, -0.05) is 23.9 Å². The van der Waals surface area contributed by atoms with Crippen LogP contribution in [0.3, 0.4) is 0 Å². The van der Waals surface area contributed by atoms with Gasteiger partial charge in [0.05, 0.1) is 23.6 Å². The quantitative estimate of drug-likeness (QED) is 0.622. The number of furan rings is 1. The minimum atomic E-state index is -0.326. The SMILES string of the molecule is C[C@H](NC(=O)CSc1nnc(-c2ccccc2F)n1C1CC1)c1ccco1. The molecule has 1 atom stereocenters. The van der Waals surface area contributed by atoms with Crippen molar-refractivity contribution in [3.8, 4) is 11.4 Å². The molecule has 1 aromatic carbocycles. The lowest BCUT2D eigenvalue weighted by atomic mass is 10.2. The molecule has 6 nitrogen and oxygen atoms in total. The zero-order chi connectivity index (χ0) is 18.8. The van der Waals surface area contributed by atoms with Gasteiger partial charge in [0.1, 0.15) is 11.6 Å². The highest BCUT2D eigenvalue weighted by Gasteiger charge is 2.31. The highest BCUT2D eigenvalue weighted by Crippen LogP contribution is 2.41. The number of thioether (sulfide) groups is 1. The average Bonchev–Trinajstić information content (AvgIpc) is 3.18. The molecule has 1 N–H and O–H groups in total. The first-order valence-electron chi connectivity index (χ1n) is 8.79. The summed E-state index contributed by atoms with van der Waals surface area (Å²) in [5, 5.41) is 11.9. The van der Waals surface area contributed by atoms with E-state index in [4.69, 9.17) is 4.42 Å². The fourth-order valence-corrected chi connectivity index (χ4v) is 3.70. The van der Waals surface area contributed by atoms with Crippen LogP contribution in [0.4, 0.5) is 4.39 Å². The Morgan fingerprint density at radius 1 is 1.33 bits per heavy atom. The zero-order valence-corrected chi connectivity index (χ0v) is 15.6. The number of amides is 1. The van der Waals surface area contributed by atoms with E-state index in [0.717, 1.165) is 12.8 Å². The minimum Gasteiger partial charge on any atom is -0.467 e. The molecular weight excluding hydrogens is 367 g/mol. The fourth-order valence-electron chi connectivity index (χ4n) is 2.89. The Hall–Kier alpha value is -2.61. The van der Waals surface area contributed by atoms with Crippen LogP contribution in [0, 0.1) is 5.82 Å².